The van der Waals surface area contributed by atoms with Crippen molar-refractivity contribution < 1.29 is 19.1 Å². The molecule has 0 aliphatic heterocycles. The van der Waals surface area contributed by atoms with E-state index in [2.05, 4.69) is 5.32 Å². The van der Waals surface area contributed by atoms with E-state index in [1.165, 1.54) is 31.2 Å². The summed E-state index contributed by atoms with van der Waals surface area (Å²) in [5.41, 5.74) is 6.01. The highest BCUT2D eigenvalue weighted by molar-refractivity contribution is 6.21. The van der Waals surface area contributed by atoms with E-state index in [4.69, 9.17) is 15.7 Å². The third kappa shape index (κ3) is 5.14. The maximum atomic E-state index is 12.4. The average molecular weight is 330 g/mol. The number of carbonyl (C=O) groups excluding carboxylic acids is 3. The van der Waals surface area contributed by atoms with E-state index in [1.54, 1.807) is 13.0 Å². The molecule has 0 saturated carbocycles. The molecule has 8 nitrogen and oxygen atoms in total. The molecule has 1 rings (SSSR count). The van der Waals surface area contributed by atoms with Gasteiger partial charge in [0.2, 0.25) is 5.91 Å². The van der Waals surface area contributed by atoms with Gasteiger partial charge in [-0.3, -0.25) is 14.4 Å². The zero-order valence-corrected chi connectivity index (χ0v) is 13.4. The Kier molecular flexibility index (Phi) is 6.97. The van der Waals surface area contributed by atoms with Gasteiger partial charge in [0.1, 0.15) is 18.2 Å². The molecule has 1 aromatic carbocycles. The number of nitriles is 1. The number of carbonyl (C=O) groups is 3. The van der Waals surface area contributed by atoms with Gasteiger partial charge < -0.3 is 15.8 Å². The first-order valence-electron chi connectivity index (χ1n) is 7.10. The summed E-state index contributed by atoms with van der Waals surface area (Å²) in [7, 11) is 0. The second-order valence-electron chi connectivity index (χ2n) is 4.61. The number of amides is 2. The van der Waals surface area contributed by atoms with Crippen molar-refractivity contribution in [2.24, 2.45) is 0 Å². The lowest BCUT2D eigenvalue weighted by atomic mass is 10.2. The van der Waals surface area contributed by atoms with Crippen LogP contribution in [0.15, 0.2) is 36.0 Å². The number of nitrogens with zero attached hydrogens (tertiary/aromatic N) is 2. The zero-order chi connectivity index (χ0) is 18.1. The fourth-order valence-electron chi connectivity index (χ4n) is 1.78. The minimum Gasteiger partial charge on any atom is -0.465 e. The van der Waals surface area contributed by atoms with E-state index in [1.807, 2.05) is 0 Å². The summed E-state index contributed by atoms with van der Waals surface area (Å²) >= 11 is 0. The number of ether oxygens (including phenoxy) is 1. The Morgan fingerprint density at radius 2 is 1.96 bits per heavy atom. The summed E-state index contributed by atoms with van der Waals surface area (Å²) in [5.74, 6) is -1.90. The molecule has 0 aromatic heterocycles. The van der Waals surface area contributed by atoms with Gasteiger partial charge >= 0.3 is 5.97 Å². The predicted octanol–water partition coefficient (Wildman–Crippen LogP) is 0.708. The molecule has 0 fully saturated rings. The maximum Gasteiger partial charge on any atom is 0.325 e. The van der Waals surface area contributed by atoms with Crippen LogP contribution in [-0.2, 0) is 19.1 Å². The minimum absolute atomic E-state index is 0.200. The monoisotopic (exact) mass is 330 g/mol. The first-order chi connectivity index (χ1) is 11.4. The van der Waals surface area contributed by atoms with Crippen LogP contribution in [0.3, 0.4) is 0 Å². The number of rotatable bonds is 6. The summed E-state index contributed by atoms with van der Waals surface area (Å²) in [6.07, 6.45) is 1.08. The fraction of sp³-hybridized carbons (Fsp3) is 0.250. The molecule has 8 heteroatoms. The van der Waals surface area contributed by atoms with Crippen LogP contribution >= 0.6 is 0 Å². The van der Waals surface area contributed by atoms with Crippen LogP contribution in [0.25, 0.3) is 0 Å². The lowest BCUT2D eigenvalue weighted by molar-refractivity contribution is -0.141. The first-order valence-corrected chi connectivity index (χ1v) is 7.10. The summed E-state index contributed by atoms with van der Waals surface area (Å²) in [6.45, 7) is 2.89. The van der Waals surface area contributed by atoms with E-state index >= 15 is 0 Å². The highest BCUT2D eigenvalue weighted by Crippen LogP contribution is 2.18. The lowest BCUT2D eigenvalue weighted by Crippen LogP contribution is -2.36. The number of benzene rings is 1. The van der Waals surface area contributed by atoms with Gasteiger partial charge in [0.05, 0.1) is 12.3 Å². The van der Waals surface area contributed by atoms with Crippen molar-refractivity contribution in [1.29, 1.82) is 5.26 Å². The molecular formula is C16H18N4O4. The number of imide groups is 1. The minimum atomic E-state index is -0.814. The van der Waals surface area contributed by atoms with Crippen molar-refractivity contribution in [2.45, 2.75) is 13.8 Å². The Hall–Kier alpha value is -3.34. The Balaban J connectivity index is 2.95. The van der Waals surface area contributed by atoms with Crippen LogP contribution in [0.1, 0.15) is 13.8 Å². The number of hydrogen-bond acceptors (Lipinski definition) is 7. The van der Waals surface area contributed by atoms with Gasteiger partial charge in [0.25, 0.3) is 5.91 Å². The van der Waals surface area contributed by atoms with Crippen molar-refractivity contribution >= 4 is 29.2 Å². The molecule has 24 heavy (non-hydrogen) atoms. The van der Waals surface area contributed by atoms with Crippen LogP contribution in [0.2, 0.25) is 0 Å². The molecule has 2 amide bonds. The van der Waals surface area contributed by atoms with Crippen molar-refractivity contribution in [3.8, 4) is 6.07 Å². The topological polar surface area (TPSA) is 126 Å². The number of anilines is 2. The standard InChI is InChI=1S/C16H18N4O4/c1-3-24-15(22)10-19-9-12(8-17)16(23)20(11(2)21)14-6-4-13(18)5-7-14/h4-7,9,19H,3,10,18H2,1-2H3/b12-9-. The van der Waals surface area contributed by atoms with Gasteiger partial charge in [-0.2, -0.15) is 5.26 Å². The largest absolute Gasteiger partial charge is 0.465 e. The third-order valence-corrected chi connectivity index (χ3v) is 2.82. The number of nitrogen functional groups attached to an aromatic ring is 1. The van der Waals surface area contributed by atoms with Gasteiger partial charge in [-0.25, -0.2) is 4.90 Å². The van der Waals surface area contributed by atoms with Crippen molar-refractivity contribution in [3.63, 3.8) is 0 Å². The molecule has 3 N–H and O–H groups in total. The Morgan fingerprint density at radius 3 is 2.46 bits per heavy atom. The second-order valence-corrected chi connectivity index (χ2v) is 4.61. The zero-order valence-electron chi connectivity index (χ0n) is 13.4. The molecule has 0 bridgehead atoms. The highest BCUT2D eigenvalue weighted by Gasteiger charge is 2.23. The Bertz CT molecular complexity index is 689. The molecule has 0 unspecified atom stereocenters. The maximum absolute atomic E-state index is 12.4. The number of nitrogens with one attached hydrogen (secondary N) is 1. The molecule has 0 aliphatic carbocycles. The molecule has 0 aliphatic rings. The first kappa shape index (κ1) is 18.7. The molecule has 0 radical (unpaired) electrons. The predicted molar refractivity (Wildman–Crippen MR) is 87.4 cm³/mol. The lowest BCUT2D eigenvalue weighted by Gasteiger charge is -2.19. The van der Waals surface area contributed by atoms with Gasteiger partial charge in [-0.15, -0.1) is 0 Å². The van der Waals surface area contributed by atoms with E-state index < -0.39 is 17.8 Å². The quantitative estimate of drug-likeness (QED) is 0.340. The van der Waals surface area contributed by atoms with E-state index in [0.29, 0.717) is 5.69 Å². The summed E-state index contributed by atoms with van der Waals surface area (Å²) in [6, 6.07) is 7.76. The normalized spacial score (nSPS) is 10.5. The number of hydrogen-bond donors (Lipinski definition) is 2. The van der Waals surface area contributed by atoms with Crippen LogP contribution in [0, 0.1) is 11.3 Å². The SMILES string of the molecule is CCOC(=O)CN/C=C(/C#N)C(=O)N(C(C)=O)c1ccc(N)cc1. The Morgan fingerprint density at radius 1 is 1.33 bits per heavy atom. The van der Waals surface area contributed by atoms with Crippen LogP contribution in [0.5, 0.6) is 0 Å². The molecule has 0 spiro atoms. The molecule has 0 atom stereocenters. The smallest absolute Gasteiger partial charge is 0.325 e. The highest BCUT2D eigenvalue weighted by atomic mass is 16.5. The van der Waals surface area contributed by atoms with Gasteiger partial charge in [0.15, 0.2) is 0 Å². The Labute approximate surface area is 139 Å². The van der Waals surface area contributed by atoms with Crippen LogP contribution in [-0.4, -0.2) is 30.9 Å². The number of esters is 1. The number of nitrogens with two attached hydrogens (primary N) is 1. The third-order valence-electron chi connectivity index (χ3n) is 2.82. The fourth-order valence-corrected chi connectivity index (χ4v) is 1.78. The van der Waals surface area contributed by atoms with Crippen LogP contribution < -0.4 is 16.0 Å². The van der Waals surface area contributed by atoms with Crippen molar-refractivity contribution in [1.82, 2.24) is 5.32 Å². The van der Waals surface area contributed by atoms with Gasteiger partial charge in [-0.1, -0.05) is 0 Å². The average Bonchev–Trinajstić information content (AvgIpc) is 2.53. The van der Waals surface area contributed by atoms with E-state index in [-0.39, 0.29) is 24.4 Å². The van der Waals surface area contributed by atoms with Gasteiger partial charge in [0, 0.05) is 18.8 Å². The molecule has 0 heterocycles. The molecule has 126 valence electrons. The summed E-state index contributed by atoms with van der Waals surface area (Å²) in [5, 5.41) is 11.7. The second kappa shape index (κ2) is 8.95. The molecular weight excluding hydrogens is 312 g/mol. The summed E-state index contributed by atoms with van der Waals surface area (Å²) < 4.78 is 4.71. The van der Waals surface area contributed by atoms with Crippen LogP contribution in [0.4, 0.5) is 11.4 Å². The summed E-state index contributed by atoms with van der Waals surface area (Å²) in [4.78, 5) is 36.3. The van der Waals surface area contributed by atoms with E-state index in [0.717, 1.165) is 11.1 Å². The van der Waals surface area contributed by atoms with Crippen molar-refractivity contribution in [2.75, 3.05) is 23.8 Å². The molecule has 1 aromatic rings. The van der Waals surface area contributed by atoms with Gasteiger partial charge in [-0.05, 0) is 31.2 Å². The van der Waals surface area contributed by atoms with Crippen molar-refractivity contribution in [3.05, 3.63) is 36.0 Å². The van der Waals surface area contributed by atoms with E-state index in [9.17, 15) is 14.4 Å². The molecule has 0 saturated heterocycles.